The van der Waals surface area contributed by atoms with Crippen molar-refractivity contribution in [1.29, 1.82) is 0 Å². The van der Waals surface area contributed by atoms with Crippen LogP contribution in [0.25, 0.3) is 0 Å². The van der Waals surface area contributed by atoms with Crippen LogP contribution in [-0.2, 0) is 6.42 Å². The highest BCUT2D eigenvalue weighted by Crippen LogP contribution is 2.14. The summed E-state index contributed by atoms with van der Waals surface area (Å²) < 4.78 is 13.2. The molecule has 0 N–H and O–H groups in total. The molecule has 0 amide bonds. The Bertz CT molecular complexity index is 305. The number of hydrogen-bond acceptors (Lipinski definition) is 1. The van der Waals surface area contributed by atoms with Crippen molar-refractivity contribution in [3.05, 3.63) is 34.6 Å². The molecule has 0 spiro atoms. The van der Waals surface area contributed by atoms with E-state index < -0.39 is 0 Å². The van der Waals surface area contributed by atoms with Gasteiger partial charge in [-0.05, 0) is 36.6 Å². The van der Waals surface area contributed by atoms with E-state index in [1.165, 1.54) is 0 Å². The summed E-state index contributed by atoms with van der Waals surface area (Å²) in [4.78, 5) is 10.4. The fourth-order valence-corrected chi connectivity index (χ4v) is 1.20. The van der Waals surface area contributed by atoms with Crippen LogP contribution in [0.1, 0.15) is 28.4 Å². The average molecular weight is 166 g/mol. The van der Waals surface area contributed by atoms with E-state index in [2.05, 4.69) is 0 Å². The minimum absolute atomic E-state index is 0.192. The lowest BCUT2D eigenvalue weighted by Crippen LogP contribution is -1.94. The number of carbonyl (C=O) groups is 1. The Labute approximate surface area is 71.2 Å². The van der Waals surface area contributed by atoms with Crippen LogP contribution in [0, 0.1) is 12.7 Å². The maximum absolute atomic E-state index is 13.2. The number of halogens is 1. The molecule has 0 radical (unpaired) electrons. The van der Waals surface area contributed by atoms with Gasteiger partial charge in [0.2, 0.25) is 0 Å². The van der Waals surface area contributed by atoms with Gasteiger partial charge in [0.15, 0.2) is 0 Å². The Morgan fingerprint density at radius 2 is 2.17 bits per heavy atom. The molecular weight excluding hydrogens is 155 g/mol. The highest BCUT2D eigenvalue weighted by molar-refractivity contribution is 5.75. The molecule has 0 aliphatic rings. The van der Waals surface area contributed by atoms with Crippen molar-refractivity contribution < 1.29 is 9.18 Å². The molecule has 0 aliphatic heterocycles. The van der Waals surface area contributed by atoms with Crippen molar-refractivity contribution in [3.8, 4) is 0 Å². The monoisotopic (exact) mass is 166 g/mol. The van der Waals surface area contributed by atoms with E-state index in [9.17, 15) is 9.18 Å². The van der Waals surface area contributed by atoms with Gasteiger partial charge in [0.1, 0.15) is 12.1 Å². The first-order chi connectivity index (χ1) is 5.69. The predicted molar refractivity (Wildman–Crippen MR) is 45.9 cm³/mol. The molecule has 0 aliphatic carbocycles. The Morgan fingerprint density at radius 1 is 1.50 bits per heavy atom. The lowest BCUT2D eigenvalue weighted by Gasteiger charge is -2.03. The predicted octanol–water partition coefficient (Wildman–Crippen LogP) is 2.51. The summed E-state index contributed by atoms with van der Waals surface area (Å²) in [7, 11) is 0. The zero-order valence-electron chi connectivity index (χ0n) is 7.23. The third kappa shape index (κ3) is 1.52. The highest BCUT2D eigenvalue weighted by Gasteiger charge is 2.05. The van der Waals surface area contributed by atoms with Gasteiger partial charge >= 0.3 is 0 Å². The SMILES string of the molecule is CCc1cc(C=O)cc(C)c1F. The number of benzene rings is 1. The van der Waals surface area contributed by atoms with E-state index in [0.717, 1.165) is 6.29 Å². The van der Waals surface area contributed by atoms with Gasteiger partial charge in [0.25, 0.3) is 0 Å². The van der Waals surface area contributed by atoms with Crippen molar-refractivity contribution in [2.45, 2.75) is 20.3 Å². The molecule has 1 rings (SSSR count). The molecule has 0 aromatic heterocycles. The first-order valence-electron chi connectivity index (χ1n) is 3.93. The maximum atomic E-state index is 13.2. The van der Waals surface area contributed by atoms with Gasteiger partial charge in [-0.3, -0.25) is 4.79 Å². The zero-order chi connectivity index (χ0) is 9.14. The van der Waals surface area contributed by atoms with E-state index >= 15 is 0 Å². The maximum Gasteiger partial charge on any atom is 0.150 e. The third-order valence-electron chi connectivity index (χ3n) is 1.87. The number of hydrogen-bond donors (Lipinski definition) is 0. The van der Waals surface area contributed by atoms with Gasteiger partial charge < -0.3 is 0 Å². The van der Waals surface area contributed by atoms with Crippen LogP contribution >= 0.6 is 0 Å². The standard InChI is InChI=1S/C10H11FO/c1-3-9-5-8(6-12)4-7(2)10(9)11/h4-6H,3H2,1-2H3. The smallest absolute Gasteiger partial charge is 0.150 e. The molecule has 0 unspecified atom stereocenters. The van der Waals surface area contributed by atoms with Crippen LogP contribution in [0.15, 0.2) is 12.1 Å². The number of rotatable bonds is 2. The number of carbonyl (C=O) groups excluding carboxylic acids is 1. The second kappa shape index (κ2) is 3.48. The van der Waals surface area contributed by atoms with E-state index in [1.807, 2.05) is 6.92 Å². The van der Waals surface area contributed by atoms with Crippen molar-refractivity contribution in [2.75, 3.05) is 0 Å². The van der Waals surface area contributed by atoms with E-state index in [4.69, 9.17) is 0 Å². The highest BCUT2D eigenvalue weighted by atomic mass is 19.1. The fourth-order valence-electron chi connectivity index (χ4n) is 1.20. The minimum atomic E-state index is -0.192. The third-order valence-corrected chi connectivity index (χ3v) is 1.87. The number of aldehydes is 1. The van der Waals surface area contributed by atoms with Gasteiger partial charge in [0.05, 0.1) is 0 Å². The first-order valence-corrected chi connectivity index (χ1v) is 3.93. The van der Waals surface area contributed by atoms with E-state index in [0.29, 0.717) is 23.1 Å². The van der Waals surface area contributed by atoms with Crippen LogP contribution < -0.4 is 0 Å². The van der Waals surface area contributed by atoms with E-state index in [1.54, 1.807) is 19.1 Å². The normalized spacial score (nSPS) is 9.92. The first kappa shape index (κ1) is 8.91. The van der Waals surface area contributed by atoms with Crippen LogP contribution in [0.5, 0.6) is 0 Å². The van der Waals surface area contributed by atoms with Gasteiger partial charge in [-0.2, -0.15) is 0 Å². The van der Waals surface area contributed by atoms with Crippen LogP contribution in [0.4, 0.5) is 4.39 Å². The summed E-state index contributed by atoms with van der Waals surface area (Å²) >= 11 is 0. The fraction of sp³-hybridized carbons (Fsp3) is 0.300. The summed E-state index contributed by atoms with van der Waals surface area (Å²) in [5.74, 6) is -0.192. The molecular formula is C10H11FO. The Balaban J connectivity index is 3.28. The molecule has 1 nitrogen and oxygen atoms in total. The Morgan fingerprint density at radius 3 is 2.67 bits per heavy atom. The molecule has 2 heteroatoms. The summed E-state index contributed by atoms with van der Waals surface area (Å²) in [5, 5.41) is 0. The molecule has 0 saturated heterocycles. The quantitative estimate of drug-likeness (QED) is 0.617. The molecule has 0 bridgehead atoms. The lowest BCUT2D eigenvalue weighted by atomic mass is 10.0. The van der Waals surface area contributed by atoms with Crippen molar-refractivity contribution in [2.24, 2.45) is 0 Å². The molecule has 64 valence electrons. The molecule has 1 aromatic carbocycles. The molecule has 0 saturated carbocycles. The summed E-state index contributed by atoms with van der Waals surface area (Å²) in [5.41, 5.74) is 1.69. The number of aryl methyl sites for hydroxylation is 2. The van der Waals surface area contributed by atoms with Crippen LogP contribution in [0.2, 0.25) is 0 Å². The molecule has 12 heavy (non-hydrogen) atoms. The van der Waals surface area contributed by atoms with Crippen LogP contribution in [-0.4, -0.2) is 6.29 Å². The van der Waals surface area contributed by atoms with Gasteiger partial charge in [-0.25, -0.2) is 4.39 Å². The largest absolute Gasteiger partial charge is 0.298 e. The summed E-state index contributed by atoms with van der Waals surface area (Å²) in [6, 6.07) is 3.15. The molecule has 0 fully saturated rings. The van der Waals surface area contributed by atoms with Crippen molar-refractivity contribution in [1.82, 2.24) is 0 Å². The summed E-state index contributed by atoms with van der Waals surface area (Å²) in [6.07, 6.45) is 1.36. The molecule has 1 aromatic rings. The second-order valence-corrected chi connectivity index (χ2v) is 2.78. The summed E-state index contributed by atoms with van der Waals surface area (Å²) in [6.45, 7) is 3.54. The Kier molecular flexibility index (Phi) is 2.58. The molecule has 0 atom stereocenters. The van der Waals surface area contributed by atoms with Gasteiger partial charge in [0, 0.05) is 5.56 Å². The average Bonchev–Trinajstić information content (AvgIpc) is 2.09. The Hall–Kier alpha value is -1.18. The second-order valence-electron chi connectivity index (χ2n) is 2.78. The van der Waals surface area contributed by atoms with E-state index in [-0.39, 0.29) is 5.82 Å². The minimum Gasteiger partial charge on any atom is -0.298 e. The lowest BCUT2D eigenvalue weighted by molar-refractivity contribution is 0.112. The van der Waals surface area contributed by atoms with Crippen molar-refractivity contribution >= 4 is 6.29 Å². The zero-order valence-corrected chi connectivity index (χ0v) is 7.23. The van der Waals surface area contributed by atoms with Gasteiger partial charge in [-0.15, -0.1) is 0 Å². The topological polar surface area (TPSA) is 17.1 Å². The van der Waals surface area contributed by atoms with Gasteiger partial charge in [-0.1, -0.05) is 6.92 Å². The van der Waals surface area contributed by atoms with Crippen molar-refractivity contribution in [3.63, 3.8) is 0 Å². The molecule has 0 heterocycles. The van der Waals surface area contributed by atoms with Crippen LogP contribution in [0.3, 0.4) is 0 Å².